The fraction of sp³-hybridized carbons (Fsp3) is 0.250. The van der Waals surface area contributed by atoms with Crippen LogP contribution in [0.3, 0.4) is 0 Å². The molecule has 1 aromatic carbocycles. The van der Waals surface area contributed by atoms with Gasteiger partial charge < -0.3 is 15.4 Å². The summed E-state index contributed by atoms with van der Waals surface area (Å²) in [5.41, 5.74) is 12.3. The van der Waals surface area contributed by atoms with Gasteiger partial charge in [-0.2, -0.15) is 5.10 Å². The molecule has 0 aliphatic carbocycles. The van der Waals surface area contributed by atoms with E-state index in [1.807, 2.05) is 41.3 Å². The first kappa shape index (κ1) is 20.7. The highest BCUT2D eigenvalue weighted by Gasteiger charge is 2.31. The number of aryl methyl sites for hydroxylation is 1. The molecule has 0 spiro atoms. The molecule has 1 aliphatic rings. The maximum Gasteiger partial charge on any atom is 0.260 e. The number of nitrogens with zero attached hydrogens (tertiary/aromatic N) is 6. The first-order chi connectivity index (χ1) is 15.9. The number of nitrogen functional groups attached to an aromatic ring is 1. The van der Waals surface area contributed by atoms with E-state index in [-0.39, 0.29) is 5.91 Å². The zero-order valence-corrected chi connectivity index (χ0v) is 18.9. The maximum atomic E-state index is 13.8. The smallest absolute Gasteiger partial charge is 0.260 e. The van der Waals surface area contributed by atoms with E-state index in [4.69, 9.17) is 10.5 Å². The van der Waals surface area contributed by atoms with Crippen LogP contribution in [0.25, 0.3) is 22.9 Å². The lowest BCUT2D eigenvalue weighted by Crippen LogP contribution is -2.38. The highest BCUT2D eigenvalue weighted by atomic mass is 16.5. The summed E-state index contributed by atoms with van der Waals surface area (Å²) in [4.78, 5) is 24.9. The number of benzene rings is 1. The molecule has 0 fully saturated rings. The second-order valence-corrected chi connectivity index (χ2v) is 8.10. The summed E-state index contributed by atoms with van der Waals surface area (Å²) in [5, 5.41) is 4.30. The van der Waals surface area contributed by atoms with Crippen molar-refractivity contribution < 1.29 is 9.53 Å². The van der Waals surface area contributed by atoms with Crippen LogP contribution in [0.5, 0.6) is 5.75 Å². The SMILES string of the molecule is C=Cc1cnc2c(n1)c(C(=O)N1CCn3nccc3C1)c(N)n2-c1c(C)ccc(OC)c1C. The molecule has 4 aromatic rings. The minimum absolute atomic E-state index is 0.183. The molecule has 33 heavy (non-hydrogen) atoms. The predicted molar refractivity (Wildman–Crippen MR) is 126 cm³/mol. The van der Waals surface area contributed by atoms with Crippen LogP contribution in [-0.2, 0) is 13.1 Å². The molecular formula is C24H25N7O2. The average molecular weight is 444 g/mol. The average Bonchev–Trinajstić information content (AvgIpc) is 3.40. The van der Waals surface area contributed by atoms with Crippen molar-refractivity contribution in [2.45, 2.75) is 26.9 Å². The Bertz CT molecular complexity index is 1420. The number of ether oxygens (including phenoxy) is 1. The molecule has 3 aromatic heterocycles. The first-order valence-corrected chi connectivity index (χ1v) is 10.7. The maximum absolute atomic E-state index is 13.8. The number of fused-ring (bicyclic) bond motifs is 2. The number of carbonyl (C=O) groups is 1. The van der Waals surface area contributed by atoms with E-state index < -0.39 is 0 Å². The topological polar surface area (TPSA) is 104 Å². The van der Waals surface area contributed by atoms with Gasteiger partial charge >= 0.3 is 0 Å². The van der Waals surface area contributed by atoms with Crippen molar-refractivity contribution in [2.75, 3.05) is 19.4 Å². The monoisotopic (exact) mass is 443 g/mol. The quantitative estimate of drug-likeness (QED) is 0.520. The molecule has 4 heterocycles. The number of rotatable bonds is 4. The van der Waals surface area contributed by atoms with Gasteiger partial charge in [0.05, 0.1) is 43.5 Å². The second kappa shape index (κ2) is 7.77. The Labute approximate surface area is 191 Å². The molecule has 0 saturated carbocycles. The number of hydrogen-bond acceptors (Lipinski definition) is 6. The summed E-state index contributed by atoms with van der Waals surface area (Å²) in [5.74, 6) is 0.844. The van der Waals surface area contributed by atoms with E-state index in [1.165, 1.54) is 0 Å². The minimum Gasteiger partial charge on any atom is -0.496 e. The van der Waals surface area contributed by atoms with Crippen molar-refractivity contribution in [1.82, 2.24) is 29.2 Å². The number of methoxy groups -OCH3 is 1. The molecule has 0 unspecified atom stereocenters. The second-order valence-electron chi connectivity index (χ2n) is 8.10. The van der Waals surface area contributed by atoms with Gasteiger partial charge in [0, 0.05) is 18.3 Å². The van der Waals surface area contributed by atoms with E-state index >= 15 is 0 Å². The molecule has 0 radical (unpaired) electrons. The Morgan fingerprint density at radius 2 is 2.06 bits per heavy atom. The Hall–Kier alpha value is -4.14. The van der Waals surface area contributed by atoms with Gasteiger partial charge in [0.1, 0.15) is 22.6 Å². The molecule has 9 nitrogen and oxygen atoms in total. The van der Waals surface area contributed by atoms with Crippen LogP contribution >= 0.6 is 0 Å². The number of amides is 1. The van der Waals surface area contributed by atoms with E-state index in [1.54, 1.807) is 30.5 Å². The molecule has 0 saturated heterocycles. The Kier molecular flexibility index (Phi) is 4.88. The lowest BCUT2D eigenvalue weighted by atomic mass is 10.1. The van der Waals surface area contributed by atoms with Crippen LogP contribution in [0.2, 0.25) is 0 Å². The Morgan fingerprint density at radius 3 is 2.82 bits per heavy atom. The summed E-state index contributed by atoms with van der Waals surface area (Å²) in [6, 6.07) is 5.80. The molecule has 1 aliphatic heterocycles. The lowest BCUT2D eigenvalue weighted by Gasteiger charge is -2.27. The largest absolute Gasteiger partial charge is 0.496 e. The van der Waals surface area contributed by atoms with Crippen LogP contribution in [0.4, 0.5) is 5.82 Å². The van der Waals surface area contributed by atoms with E-state index in [2.05, 4.69) is 21.6 Å². The minimum atomic E-state index is -0.183. The van der Waals surface area contributed by atoms with Gasteiger partial charge in [0.25, 0.3) is 5.91 Å². The van der Waals surface area contributed by atoms with Gasteiger partial charge in [-0.15, -0.1) is 0 Å². The molecular weight excluding hydrogens is 418 g/mol. The molecule has 2 N–H and O–H groups in total. The zero-order chi connectivity index (χ0) is 23.3. The Morgan fingerprint density at radius 1 is 1.24 bits per heavy atom. The van der Waals surface area contributed by atoms with Gasteiger partial charge in [-0.25, -0.2) is 9.97 Å². The fourth-order valence-electron chi connectivity index (χ4n) is 4.51. The van der Waals surface area contributed by atoms with Crippen molar-refractivity contribution in [3.8, 4) is 11.4 Å². The summed E-state index contributed by atoms with van der Waals surface area (Å²) in [7, 11) is 1.63. The Balaban J connectivity index is 1.73. The summed E-state index contributed by atoms with van der Waals surface area (Å²) < 4.78 is 9.26. The van der Waals surface area contributed by atoms with Gasteiger partial charge in [-0.05, 0) is 37.6 Å². The van der Waals surface area contributed by atoms with Crippen LogP contribution in [-0.4, -0.2) is 48.8 Å². The van der Waals surface area contributed by atoms with E-state index in [0.717, 1.165) is 28.3 Å². The third kappa shape index (κ3) is 3.15. The molecule has 9 heteroatoms. The molecule has 0 bridgehead atoms. The normalized spacial score (nSPS) is 13.2. The highest BCUT2D eigenvalue weighted by molar-refractivity contribution is 6.10. The molecule has 168 valence electrons. The number of aromatic nitrogens is 5. The van der Waals surface area contributed by atoms with E-state index in [0.29, 0.717) is 47.9 Å². The number of hydrogen-bond donors (Lipinski definition) is 1. The fourth-order valence-corrected chi connectivity index (χ4v) is 4.51. The molecule has 5 rings (SSSR count). The van der Waals surface area contributed by atoms with Gasteiger partial charge in [-0.3, -0.25) is 14.0 Å². The van der Waals surface area contributed by atoms with Crippen LogP contribution in [0.15, 0.2) is 37.2 Å². The predicted octanol–water partition coefficient (Wildman–Crippen LogP) is 3.12. The first-order valence-electron chi connectivity index (χ1n) is 10.7. The van der Waals surface area contributed by atoms with Crippen LogP contribution in [0.1, 0.15) is 32.9 Å². The molecule has 1 amide bonds. The molecule has 0 atom stereocenters. The summed E-state index contributed by atoms with van der Waals surface area (Å²) in [6.45, 7) is 9.37. The van der Waals surface area contributed by atoms with Gasteiger partial charge in [0.2, 0.25) is 0 Å². The summed E-state index contributed by atoms with van der Waals surface area (Å²) >= 11 is 0. The lowest BCUT2D eigenvalue weighted by molar-refractivity contribution is 0.0709. The van der Waals surface area contributed by atoms with Crippen LogP contribution in [0, 0.1) is 13.8 Å². The van der Waals surface area contributed by atoms with Crippen molar-refractivity contribution in [2.24, 2.45) is 0 Å². The highest BCUT2D eigenvalue weighted by Crippen LogP contribution is 2.36. The van der Waals surface area contributed by atoms with Crippen molar-refractivity contribution in [1.29, 1.82) is 0 Å². The number of nitrogens with two attached hydrogens (primary N) is 1. The van der Waals surface area contributed by atoms with Crippen LogP contribution < -0.4 is 10.5 Å². The van der Waals surface area contributed by atoms with Crippen molar-refractivity contribution >= 4 is 29.0 Å². The third-order valence-corrected chi connectivity index (χ3v) is 6.19. The zero-order valence-electron chi connectivity index (χ0n) is 18.9. The van der Waals surface area contributed by atoms with Gasteiger partial charge in [-0.1, -0.05) is 12.6 Å². The summed E-state index contributed by atoms with van der Waals surface area (Å²) in [6.07, 6.45) is 4.99. The third-order valence-electron chi connectivity index (χ3n) is 6.19. The standard InChI is InChI=1S/C24H25N7O2/c1-5-16-12-26-23-20(28-16)19(24(32)29-10-11-30-17(13-29)8-9-27-30)22(25)31(23)21-14(2)6-7-18(33-4)15(21)3/h5-9,12H,1,10-11,13,25H2,2-4H3. The number of anilines is 1. The van der Waals surface area contributed by atoms with E-state index in [9.17, 15) is 4.79 Å². The van der Waals surface area contributed by atoms with Crippen molar-refractivity contribution in [3.63, 3.8) is 0 Å². The van der Waals surface area contributed by atoms with Gasteiger partial charge in [0.15, 0.2) is 5.65 Å². The van der Waals surface area contributed by atoms with Crippen molar-refractivity contribution in [3.05, 3.63) is 65.2 Å². The number of carbonyl (C=O) groups excluding carboxylic acids is 1.